The molecule has 0 radical (unpaired) electrons. The van der Waals surface area contributed by atoms with Crippen LogP contribution in [0.1, 0.15) is 66.9 Å². The highest BCUT2D eigenvalue weighted by Gasteiger charge is 2.48. The fourth-order valence-corrected chi connectivity index (χ4v) is 5.71. The SMILES string of the molecule is Cc1cc(C)n2nc(CC3=C(O)CC(CCc4ccc(O)c(CO)c4)(C4CCCC4)OC3=O)nc2n1. The number of aromatic nitrogens is 4. The number of ether oxygens (including phenoxy) is 1. The Hall–Kier alpha value is -3.46. The fraction of sp³-hybridized carbons (Fsp3) is 0.481. The molecule has 3 N–H and O–H groups in total. The van der Waals surface area contributed by atoms with Crippen molar-refractivity contribution in [3.8, 4) is 5.75 Å². The van der Waals surface area contributed by atoms with Gasteiger partial charge < -0.3 is 20.1 Å². The average Bonchev–Trinajstić information content (AvgIpc) is 3.52. The van der Waals surface area contributed by atoms with E-state index >= 15 is 0 Å². The Morgan fingerprint density at radius 2 is 1.92 bits per heavy atom. The predicted molar refractivity (Wildman–Crippen MR) is 131 cm³/mol. The number of esters is 1. The summed E-state index contributed by atoms with van der Waals surface area (Å²) in [6, 6.07) is 7.07. The number of rotatable bonds is 7. The number of benzene rings is 1. The summed E-state index contributed by atoms with van der Waals surface area (Å²) >= 11 is 0. The zero-order chi connectivity index (χ0) is 25.4. The Kier molecular flexibility index (Phi) is 6.42. The van der Waals surface area contributed by atoms with Gasteiger partial charge in [-0.1, -0.05) is 18.9 Å². The quantitative estimate of drug-likeness (QED) is 0.425. The molecule has 1 aliphatic carbocycles. The molecule has 2 aliphatic rings. The van der Waals surface area contributed by atoms with Crippen LogP contribution in [-0.4, -0.2) is 46.5 Å². The monoisotopic (exact) mass is 492 g/mol. The van der Waals surface area contributed by atoms with Gasteiger partial charge in [0.15, 0.2) is 5.82 Å². The summed E-state index contributed by atoms with van der Waals surface area (Å²) in [6.45, 7) is 3.56. The third-order valence-electron chi connectivity index (χ3n) is 7.60. The topological polar surface area (TPSA) is 130 Å². The van der Waals surface area contributed by atoms with Gasteiger partial charge in [-0.25, -0.2) is 14.3 Å². The molecular weight excluding hydrogens is 460 g/mol. The Morgan fingerprint density at radius 1 is 1.14 bits per heavy atom. The number of cyclic esters (lactones) is 1. The number of phenols is 1. The lowest BCUT2D eigenvalue weighted by Crippen LogP contribution is -2.46. The van der Waals surface area contributed by atoms with Crippen LogP contribution in [0, 0.1) is 19.8 Å². The molecule has 5 rings (SSSR count). The van der Waals surface area contributed by atoms with Crippen molar-refractivity contribution in [2.24, 2.45) is 5.92 Å². The molecule has 3 aromatic rings. The van der Waals surface area contributed by atoms with Gasteiger partial charge in [-0.05, 0) is 69.2 Å². The van der Waals surface area contributed by atoms with E-state index < -0.39 is 11.6 Å². The molecule has 9 nitrogen and oxygen atoms in total. The van der Waals surface area contributed by atoms with Gasteiger partial charge in [-0.2, -0.15) is 4.98 Å². The van der Waals surface area contributed by atoms with Gasteiger partial charge in [-0.3, -0.25) is 0 Å². The number of carbonyl (C=O) groups excluding carboxylic acids is 1. The second-order valence-corrected chi connectivity index (χ2v) is 10.1. The molecule has 1 aliphatic heterocycles. The number of aliphatic hydroxyl groups excluding tert-OH is 2. The van der Waals surface area contributed by atoms with Crippen LogP contribution >= 0.6 is 0 Å². The molecule has 0 bridgehead atoms. The number of hydrogen-bond acceptors (Lipinski definition) is 8. The van der Waals surface area contributed by atoms with Crippen LogP contribution in [0.25, 0.3) is 5.78 Å². The number of carbonyl (C=O) groups is 1. The first-order valence-electron chi connectivity index (χ1n) is 12.5. The lowest BCUT2D eigenvalue weighted by atomic mass is 9.76. The maximum absolute atomic E-state index is 13.3. The lowest BCUT2D eigenvalue weighted by Gasteiger charge is -2.41. The van der Waals surface area contributed by atoms with Crippen LogP contribution < -0.4 is 0 Å². The van der Waals surface area contributed by atoms with Crippen LogP contribution in [0.5, 0.6) is 5.75 Å². The minimum atomic E-state index is -0.792. The molecule has 190 valence electrons. The average molecular weight is 493 g/mol. The Labute approximate surface area is 209 Å². The molecule has 0 amide bonds. The van der Waals surface area contributed by atoms with Crippen molar-refractivity contribution in [2.45, 2.75) is 77.4 Å². The number of aryl methyl sites for hydroxylation is 3. The van der Waals surface area contributed by atoms with Gasteiger partial charge >= 0.3 is 5.97 Å². The summed E-state index contributed by atoms with van der Waals surface area (Å²) in [5, 5.41) is 35.0. The molecule has 1 atom stereocenters. The molecule has 3 heterocycles. The van der Waals surface area contributed by atoms with Crippen LogP contribution in [0.3, 0.4) is 0 Å². The van der Waals surface area contributed by atoms with Crippen molar-refractivity contribution in [1.82, 2.24) is 19.6 Å². The van der Waals surface area contributed by atoms with E-state index in [2.05, 4.69) is 15.1 Å². The lowest BCUT2D eigenvalue weighted by molar-refractivity contribution is -0.167. The van der Waals surface area contributed by atoms with Gasteiger partial charge in [0.25, 0.3) is 5.78 Å². The van der Waals surface area contributed by atoms with Gasteiger partial charge in [0.05, 0.1) is 12.2 Å². The zero-order valence-electron chi connectivity index (χ0n) is 20.7. The maximum atomic E-state index is 13.3. The zero-order valence-corrected chi connectivity index (χ0v) is 20.7. The Balaban J connectivity index is 1.40. The van der Waals surface area contributed by atoms with E-state index in [0.29, 0.717) is 30.0 Å². The molecule has 0 saturated heterocycles. The van der Waals surface area contributed by atoms with Gasteiger partial charge in [0.2, 0.25) is 0 Å². The molecule has 9 heteroatoms. The molecule has 1 fully saturated rings. The number of hydrogen-bond donors (Lipinski definition) is 3. The highest BCUT2D eigenvalue weighted by atomic mass is 16.6. The number of aliphatic hydroxyl groups is 2. The van der Waals surface area contributed by atoms with Crippen LogP contribution in [-0.2, 0) is 29.0 Å². The molecule has 1 saturated carbocycles. The third kappa shape index (κ3) is 4.55. The smallest absolute Gasteiger partial charge is 0.338 e. The normalized spacial score (nSPS) is 20.9. The van der Waals surface area contributed by atoms with Gasteiger partial charge in [-0.15, -0.1) is 5.10 Å². The van der Waals surface area contributed by atoms with E-state index in [1.165, 1.54) is 0 Å². The van der Waals surface area contributed by atoms with Crippen molar-refractivity contribution in [2.75, 3.05) is 0 Å². The van der Waals surface area contributed by atoms with E-state index in [4.69, 9.17) is 4.74 Å². The first kappa shape index (κ1) is 24.2. The molecule has 1 unspecified atom stereocenters. The van der Waals surface area contributed by atoms with Gasteiger partial charge in [0, 0.05) is 29.8 Å². The first-order chi connectivity index (χ1) is 17.3. The second-order valence-electron chi connectivity index (χ2n) is 10.1. The first-order valence-corrected chi connectivity index (χ1v) is 12.5. The summed E-state index contributed by atoms with van der Waals surface area (Å²) in [6.07, 6.45) is 5.53. The highest BCUT2D eigenvalue weighted by Crippen LogP contribution is 2.46. The van der Waals surface area contributed by atoms with E-state index in [9.17, 15) is 20.1 Å². The summed E-state index contributed by atoms with van der Waals surface area (Å²) in [7, 11) is 0. The Morgan fingerprint density at radius 3 is 2.64 bits per heavy atom. The summed E-state index contributed by atoms with van der Waals surface area (Å²) < 4.78 is 7.83. The number of fused-ring (bicyclic) bond motifs is 1. The van der Waals surface area contributed by atoms with Crippen LogP contribution in [0.15, 0.2) is 35.6 Å². The van der Waals surface area contributed by atoms with Crippen molar-refractivity contribution in [3.63, 3.8) is 0 Å². The van der Waals surface area contributed by atoms with E-state index in [1.807, 2.05) is 26.0 Å². The minimum Gasteiger partial charge on any atom is -0.512 e. The van der Waals surface area contributed by atoms with Crippen molar-refractivity contribution in [1.29, 1.82) is 0 Å². The summed E-state index contributed by atoms with van der Waals surface area (Å²) in [5.74, 6) is 0.614. The second kappa shape index (κ2) is 9.54. The van der Waals surface area contributed by atoms with Crippen molar-refractivity contribution >= 4 is 11.7 Å². The van der Waals surface area contributed by atoms with Crippen LogP contribution in [0.4, 0.5) is 0 Å². The van der Waals surface area contributed by atoms with E-state index in [0.717, 1.165) is 42.6 Å². The molecule has 1 aromatic carbocycles. The highest BCUT2D eigenvalue weighted by molar-refractivity contribution is 5.90. The standard InChI is InChI=1S/C27H32N4O5/c1-16-11-17(2)31-26(28-16)29-24(30-31)13-21-23(34)14-27(36-25(21)35,20-5-3-4-6-20)10-9-18-7-8-22(33)19(12-18)15-32/h7-8,11-12,20,32-34H,3-6,9-10,13-15H2,1-2H3. The number of nitrogens with zero attached hydrogens (tertiary/aromatic N) is 4. The maximum Gasteiger partial charge on any atom is 0.338 e. The summed E-state index contributed by atoms with van der Waals surface area (Å²) in [4.78, 5) is 22.1. The fourth-order valence-electron chi connectivity index (χ4n) is 5.71. The minimum absolute atomic E-state index is 0.0413. The van der Waals surface area contributed by atoms with E-state index in [-0.39, 0.29) is 42.4 Å². The molecule has 0 spiro atoms. The van der Waals surface area contributed by atoms with Crippen LogP contribution in [0.2, 0.25) is 0 Å². The number of aromatic hydroxyl groups is 1. The summed E-state index contributed by atoms with van der Waals surface area (Å²) in [5.41, 5.74) is 2.53. The molecule has 2 aromatic heterocycles. The van der Waals surface area contributed by atoms with Crippen molar-refractivity contribution < 1.29 is 24.9 Å². The third-order valence-corrected chi connectivity index (χ3v) is 7.60. The Bertz CT molecular complexity index is 1340. The largest absolute Gasteiger partial charge is 0.512 e. The van der Waals surface area contributed by atoms with E-state index in [1.54, 1.807) is 16.6 Å². The molecule has 36 heavy (non-hydrogen) atoms. The predicted octanol–water partition coefficient (Wildman–Crippen LogP) is 3.80. The van der Waals surface area contributed by atoms with Gasteiger partial charge in [0.1, 0.15) is 17.1 Å². The van der Waals surface area contributed by atoms with Crippen molar-refractivity contribution in [3.05, 3.63) is 63.9 Å². The molecular formula is C27H32N4O5.